The first-order valence-corrected chi connectivity index (χ1v) is 6.54. The first-order chi connectivity index (χ1) is 7.75. The molecule has 1 aliphatic rings. The molecule has 1 saturated heterocycles. The number of benzene rings is 1. The van der Waals surface area contributed by atoms with Crippen LogP contribution in [-0.2, 0) is 0 Å². The maximum Gasteiger partial charge on any atom is -0.00130 e. The zero-order chi connectivity index (χ0) is 11.4. The summed E-state index contributed by atoms with van der Waals surface area (Å²) in [7, 11) is 0. The topological polar surface area (TPSA) is 3.24 Å². The molecule has 0 N–H and O–H groups in total. The third-order valence-corrected chi connectivity index (χ3v) is 3.72. The minimum absolute atomic E-state index is 0.696. The Morgan fingerprint density at radius 1 is 1.12 bits per heavy atom. The van der Waals surface area contributed by atoms with Crippen LogP contribution in [0.3, 0.4) is 0 Å². The predicted molar refractivity (Wildman–Crippen MR) is 69.9 cm³/mol. The highest BCUT2D eigenvalue weighted by atomic mass is 15.1. The lowest BCUT2D eigenvalue weighted by molar-refractivity contribution is 0.324. The summed E-state index contributed by atoms with van der Waals surface area (Å²) >= 11 is 0. The number of aryl methyl sites for hydroxylation is 1. The Labute approximate surface area is 99.5 Å². The van der Waals surface area contributed by atoms with Crippen molar-refractivity contribution in [2.24, 2.45) is 0 Å². The van der Waals surface area contributed by atoms with Crippen LogP contribution >= 0.6 is 0 Å². The highest BCUT2D eigenvalue weighted by Gasteiger charge is 2.13. The van der Waals surface area contributed by atoms with Gasteiger partial charge in [0.2, 0.25) is 0 Å². The zero-order valence-electron chi connectivity index (χ0n) is 10.6. The van der Waals surface area contributed by atoms with Gasteiger partial charge in [0.25, 0.3) is 0 Å². The molecule has 0 radical (unpaired) electrons. The van der Waals surface area contributed by atoms with Crippen molar-refractivity contribution in [3.8, 4) is 0 Å². The van der Waals surface area contributed by atoms with Gasteiger partial charge in [-0.3, -0.25) is 0 Å². The second-order valence-electron chi connectivity index (χ2n) is 5.15. The molecule has 1 heterocycles. The summed E-state index contributed by atoms with van der Waals surface area (Å²) < 4.78 is 0. The van der Waals surface area contributed by atoms with E-state index in [0.29, 0.717) is 5.92 Å². The molecule has 1 fully saturated rings. The Balaban J connectivity index is 1.82. The van der Waals surface area contributed by atoms with E-state index in [2.05, 4.69) is 43.0 Å². The van der Waals surface area contributed by atoms with Gasteiger partial charge in [-0.25, -0.2) is 0 Å². The maximum absolute atomic E-state index is 2.60. The molecule has 16 heavy (non-hydrogen) atoms. The molecular formula is C15H23N. The van der Waals surface area contributed by atoms with Crippen molar-refractivity contribution in [2.75, 3.05) is 19.6 Å². The monoisotopic (exact) mass is 217 g/mol. The van der Waals surface area contributed by atoms with Crippen LogP contribution in [0.15, 0.2) is 24.3 Å². The fourth-order valence-corrected chi connectivity index (χ4v) is 2.44. The summed E-state index contributed by atoms with van der Waals surface area (Å²) in [5.41, 5.74) is 2.85. The van der Waals surface area contributed by atoms with Gasteiger partial charge in [-0.15, -0.1) is 0 Å². The van der Waals surface area contributed by atoms with Crippen molar-refractivity contribution >= 4 is 0 Å². The zero-order valence-corrected chi connectivity index (χ0v) is 10.6. The normalized spacial score (nSPS) is 18.9. The van der Waals surface area contributed by atoms with E-state index in [1.807, 2.05) is 0 Å². The predicted octanol–water partition coefficient (Wildman–Crippen LogP) is 3.58. The van der Waals surface area contributed by atoms with E-state index < -0.39 is 0 Å². The van der Waals surface area contributed by atoms with E-state index in [0.717, 1.165) is 0 Å². The first-order valence-electron chi connectivity index (χ1n) is 6.54. The van der Waals surface area contributed by atoms with Gasteiger partial charge >= 0.3 is 0 Å². The molecular weight excluding hydrogens is 194 g/mol. The summed E-state index contributed by atoms with van der Waals surface area (Å²) in [5, 5.41) is 0. The maximum atomic E-state index is 2.60. The van der Waals surface area contributed by atoms with Gasteiger partial charge in [0.15, 0.2) is 0 Å². The molecule has 2 rings (SSSR count). The van der Waals surface area contributed by atoms with Crippen molar-refractivity contribution in [3.63, 3.8) is 0 Å². The molecule has 0 bridgehead atoms. The molecule has 0 unspecified atom stereocenters. The van der Waals surface area contributed by atoms with Crippen LogP contribution in [0.1, 0.15) is 43.2 Å². The summed E-state index contributed by atoms with van der Waals surface area (Å²) in [6.07, 6.45) is 4.10. The number of nitrogens with zero attached hydrogens (tertiary/aromatic N) is 1. The molecule has 1 heteroatoms. The largest absolute Gasteiger partial charge is 0.303 e. The van der Waals surface area contributed by atoms with Crippen molar-refractivity contribution < 1.29 is 0 Å². The van der Waals surface area contributed by atoms with Crippen molar-refractivity contribution in [1.29, 1.82) is 0 Å². The van der Waals surface area contributed by atoms with Gasteiger partial charge in [-0.2, -0.15) is 0 Å². The number of hydrogen-bond donors (Lipinski definition) is 0. The average molecular weight is 217 g/mol. The summed E-state index contributed by atoms with van der Waals surface area (Å²) in [6, 6.07) is 9.01. The summed E-state index contributed by atoms with van der Waals surface area (Å²) in [6.45, 7) is 8.41. The van der Waals surface area contributed by atoms with Crippen LogP contribution in [0.25, 0.3) is 0 Å². The third-order valence-electron chi connectivity index (χ3n) is 3.72. The van der Waals surface area contributed by atoms with Crippen molar-refractivity contribution in [3.05, 3.63) is 35.4 Å². The minimum Gasteiger partial charge on any atom is -0.303 e. The van der Waals surface area contributed by atoms with Crippen LogP contribution in [0.4, 0.5) is 0 Å². The molecule has 1 nitrogen and oxygen atoms in total. The van der Waals surface area contributed by atoms with Crippen LogP contribution in [0.5, 0.6) is 0 Å². The Kier molecular flexibility index (Phi) is 4.00. The molecule has 0 aliphatic carbocycles. The summed E-state index contributed by atoms with van der Waals surface area (Å²) in [5.74, 6) is 0.696. The average Bonchev–Trinajstić information content (AvgIpc) is 2.80. The van der Waals surface area contributed by atoms with E-state index in [4.69, 9.17) is 0 Å². The highest BCUT2D eigenvalue weighted by molar-refractivity contribution is 5.23. The molecule has 0 amide bonds. The second kappa shape index (κ2) is 5.49. The minimum atomic E-state index is 0.696. The van der Waals surface area contributed by atoms with E-state index in [1.54, 1.807) is 0 Å². The van der Waals surface area contributed by atoms with Gasteiger partial charge < -0.3 is 4.90 Å². The van der Waals surface area contributed by atoms with Crippen molar-refractivity contribution in [2.45, 2.75) is 39.0 Å². The second-order valence-corrected chi connectivity index (χ2v) is 5.15. The third kappa shape index (κ3) is 3.08. The fourth-order valence-electron chi connectivity index (χ4n) is 2.44. The number of likely N-dealkylation sites (tertiary alicyclic amines) is 1. The fraction of sp³-hybridized carbons (Fsp3) is 0.600. The van der Waals surface area contributed by atoms with Crippen LogP contribution < -0.4 is 0 Å². The van der Waals surface area contributed by atoms with Crippen molar-refractivity contribution in [1.82, 2.24) is 4.90 Å². The lowest BCUT2D eigenvalue weighted by Gasteiger charge is -2.18. The Bertz CT molecular complexity index is 309. The van der Waals surface area contributed by atoms with Crippen LogP contribution in [0, 0.1) is 6.92 Å². The number of hydrogen-bond acceptors (Lipinski definition) is 1. The van der Waals surface area contributed by atoms with Crippen LogP contribution in [-0.4, -0.2) is 24.5 Å². The smallest absolute Gasteiger partial charge is 0.00130 e. The molecule has 88 valence electrons. The number of rotatable bonds is 4. The van der Waals surface area contributed by atoms with E-state index in [1.165, 1.54) is 50.0 Å². The van der Waals surface area contributed by atoms with Gasteiger partial charge in [-0.05, 0) is 57.3 Å². The van der Waals surface area contributed by atoms with E-state index in [-0.39, 0.29) is 0 Å². The summed E-state index contributed by atoms with van der Waals surface area (Å²) in [4.78, 5) is 2.60. The molecule has 1 atom stereocenters. The van der Waals surface area contributed by atoms with Gasteiger partial charge in [0.1, 0.15) is 0 Å². The molecule has 1 aromatic carbocycles. The van der Waals surface area contributed by atoms with Gasteiger partial charge in [0.05, 0.1) is 0 Å². The first kappa shape index (κ1) is 11.7. The lowest BCUT2D eigenvalue weighted by Crippen LogP contribution is -2.21. The van der Waals surface area contributed by atoms with Gasteiger partial charge in [0, 0.05) is 0 Å². The van der Waals surface area contributed by atoms with E-state index >= 15 is 0 Å². The molecule has 0 saturated carbocycles. The molecule has 1 aliphatic heterocycles. The Morgan fingerprint density at radius 2 is 1.75 bits per heavy atom. The lowest BCUT2D eigenvalue weighted by atomic mass is 9.97. The van der Waals surface area contributed by atoms with Crippen LogP contribution in [0.2, 0.25) is 0 Å². The SMILES string of the molecule is Cc1ccc([C@@H](C)CCN2CCCC2)cc1. The molecule has 1 aromatic rings. The highest BCUT2D eigenvalue weighted by Crippen LogP contribution is 2.20. The standard InChI is InChI=1S/C15H23N/c1-13-5-7-15(8-6-13)14(2)9-12-16-10-3-4-11-16/h5-8,14H,3-4,9-12H2,1-2H3/t14-/m0/s1. The molecule has 0 aromatic heterocycles. The quantitative estimate of drug-likeness (QED) is 0.745. The van der Waals surface area contributed by atoms with Gasteiger partial charge in [-0.1, -0.05) is 36.8 Å². The Morgan fingerprint density at radius 3 is 2.38 bits per heavy atom. The van der Waals surface area contributed by atoms with E-state index in [9.17, 15) is 0 Å². The molecule has 0 spiro atoms. The Hall–Kier alpha value is -0.820.